The monoisotopic (exact) mass is 265 g/mol. The molecule has 17 heavy (non-hydrogen) atoms. The molecule has 0 saturated carbocycles. The zero-order chi connectivity index (χ0) is 13.7. The Hall–Kier alpha value is -1.11. The first kappa shape index (κ1) is 15.9. The lowest BCUT2D eigenvalue weighted by molar-refractivity contribution is -0.109. The molecule has 0 rings (SSSR count). The van der Waals surface area contributed by atoms with E-state index in [0.717, 1.165) is 6.26 Å². The van der Waals surface area contributed by atoms with Gasteiger partial charge in [0.15, 0.2) is 0 Å². The maximum Gasteiger partial charge on any atom is 0.408 e. The molecule has 0 bridgehead atoms. The average Bonchev–Trinajstić information content (AvgIpc) is 2.07. The molecule has 0 aliphatic rings. The molecule has 0 fully saturated rings. The van der Waals surface area contributed by atoms with Crippen molar-refractivity contribution >= 4 is 22.2 Å². The van der Waals surface area contributed by atoms with Crippen LogP contribution in [-0.2, 0) is 19.4 Å². The predicted octanol–water partition coefficient (Wildman–Crippen LogP) is 0.513. The summed E-state index contributed by atoms with van der Waals surface area (Å²) in [6, 6.07) is -0.848. The largest absolute Gasteiger partial charge is 0.444 e. The summed E-state index contributed by atoms with van der Waals surface area (Å²) in [5.41, 5.74) is -0.658. The Morgan fingerprint density at radius 2 is 1.94 bits per heavy atom. The van der Waals surface area contributed by atoms with Gasteiger partial charge >= 0.3 is 6.09 Å². The number of nitrogens with one attached hydrogen (secondary N) is 1. The lowest BCUT2D eigenvalue weighted by Crippen LogP contribution is -2.40. The molecule has 1 N–H and O–H groups in total. The van der Waals surface area contributed by atoms with E-state index in [2.05, 4.69) is 5.32 Å². The van der Waals surface area contributed by atoms with Crippen LogP contribution in [0.5, 0.6) is 0 Å². The molecule has 0 radical (unpaired) electrons. The van der Waals surface area contributed by atoms with E-state index >= 15 is 0 Å². The number of hydrogen-bond donors (Lipinski definition) is 1. The van der Waals surface area contributed by atoms with Crippen molar-refractivity contribution in [2.45, 2.75) is 38.8 Å². The fourth-order valence-corrected chi connectivity index (χ4v) is 1.66. The molecule has 100 valence electrons. The minimum Gasteiger partial charge on any atom is -0.444 e. The first-order valence-corrected chi connectivity index (χ1v) is 7.22. The van der Waals surface area contributed by atoms with Gasteiger partial charge in [-0.25, -0.2) is 13.2 Å². The van der Waals surface area contributed by atoms with Crippen LogP contribution in [0.2, 0.25) is 0 Å². The Morgan fingerprint density at radius 1 is 1.41 bits per heavy atom. The van der Waals surface area contributed by atoms with E-state index in [1.807, 2.05) is 0 Å². The Bertz CT molecular complexity index is 369. The molecule has 0 aromatic rings. The number of rotatable bonds is 5. The summed E-state index contributed by atoms with van der Waals surface area (Å²) in [7, 11) is -3.15. The van der Waals surface area contributed by atoms with Crippen LogP contribution in [0.1, 0.15) is 27.2 Å². The number of amides is 1. The van der Waals surface area contributed by atoms with Crippen molar-refractivity contribution < 1.29 is 22.7 Å². The molecule has 0 spiro atoms. The maximum atomic E-state index is 11.3. The van der Waals surface area contributed by atoms with Gasteiger partial charge in [-0.15, -0.1) is 0 Å². The topological polar surface area (TPSA) is 89.5 Å². The molecule has 0 aromatic heterocycles. The number of carbonyl (C=O) groups is 2. The van der Waals surface area contributed by atoms with Crippen molar-refractivity contribution in [3.63, 3.8) is 0 Å². The molecule has 0 aromatic carbocycles. The van der Waals surface area contributed by atoms with Crippen LogP contribution >= 0.6 is 0 Å². The third-order valence-corrected chi connectivity index (χ3v) is 2.64. The number of hydrogen-bond acceptors (Lipinski definition) is 5. The quantitative estimate of drug-likeness (QED) is 0.732. The molecule has 0 unspecified atom stereocenters. The minimum absolute atomic E-state index is 0.0432. The summed E-state index contributed by atoms with van der Waals surface area (Å²) in [6.07, 6.45) is 0.877. The predicted molar refractivity (Wildman–Crippen MR) is 63.5 cm³/mol. The van der Waals surface area contributed by atoms with Gasteiger partial charge in [0.2, 0.25) is 0 Å². The van der Waals surface area contributed by atoms with Crippen LogP contribution in [0.25, 0.3) is 0 Å². The molecule has 1 atom stereocenters. The molecule has 7 heteroatoms. The van der Waals surface area contributed by atoms with Gasteiger partial charge in [-0.2, -0.15) is 0 Å². The van der Waals surface area contributed by atoms with E-state index in [1.165, 1.54) is 0 Å². The molecule has 0 saturated heterocycles. The van der Waals surface area contributed by atoms with Gasteiger partial charge in [-0.3, -0.25) is 0 Å². The summed E-state index contributed by atoms with van der Waals surface area (Å²) in [6.45, 7) is 5.08. The maximum absolute atomic E-state index is 11.3. The van der Waals surface area contributed by atoms with Crippen LogP contribution in [0.4, 0.5) is 4.79 Å². The average molecular weight is 265 g/mol. The third kappa shape index (κ3) is 9.80. The van der Waals surface area contributed by atoms with Crippen molar-refractivity contribution in [3.8, 4) is 0 Å². The van der Waals surface area contributed by atoms with Gasteiger partial charge in [-0.1, -0.05) is 0 Å². The SMILES string of the molecule is CC(C)(C)OC(=O)N[C@H](C=O)CCS(C)(=O)=O. The van der Waals surface area contributed by atoms with Crippen molar-refractivity contribution in [1.29, 1.82) is 0 Å². The Balaban J connectivity index is 4.23. The van der Waals surface area contributed by atoms with Gasteiger partial charge in [-0.05, 0) is 27.2 Å². The highest BCUT2D eigenvalue weighted by atomic mass is 32.2. The van der Waals surface area contributed by atoms with Gasteiger partial charge in [0, 0.05) is 6.26 Å². The summed E-state index contributed by atoms with van der Waals surface area (Å²) < 4.78 is 26.8. The molecular weight excluding hydrogens is 246 g/mol. The Labute approximate surface area is 102 Å². The zero-order valence-electron chi connectivity index (χ0n) is 10.5. The fraction of sp³-hybridized carbons (Fsp3) is 0.800. The molecule has 0 heterocycles. The first-order valence-electron chi connectivity index (χ1n) is 5.16. The highest BCUT2D eigenvalue weighted by Gasteiger charge is 2.19. The summed E-state index contributed by atoms with van der Waals surface area (Å²) in [5.74, 6) is -0.161. The van der Waals surface area contributed by atoms with Crippen molar-refractivity contribution in [1.82, 2.24) is 5.32 Å². The van der Waals surface area contributed by atoms with Crippen molar-refractivity contribution in [2.75, 3.05) is 12.0 Å². The lowest BCUT2D eigenvalue weighted by atomic mass is 10.2. The van der Waals surface area contributed by atoms with Crippen LogP contribution in [0, 0.1) is 0 Å². The normalized spacial score (nSPS) is 13.9. The standard InChI is InChI=1S/C10H19NO5S/c1-10(2,3)16-9(13)11-8(7-12)5-6-17(4,14)15/h7-8H,5-6H2,1-4H3,(H,11,13)/t8-/m0/s1. The summed E-state index contributed by atoms with van der Waals surface area (Å²) >= 11 is 0. The van der Waals surface area contributed by atoms with Crippen LogP contribution in [0.3, 0.4) is 0 Å². The second-order valence-electron chi connectivity index (χ2n) is 4.81. The van der Waals surface area contributed by atoms with Gasteiger partial charge in [0.05, 0.1) is 11.8 Å². The molecule has 0 aliphatic heterocycles. The van der Waals surface area contributed by atoms with E-state index in [0.29, 0.717) is 6.29 Å². The van der Waals surface area contributed by atoms with E-state index in [1.54, 1.807) is 20.8 Å². The molecule has 1 amide bonds. The second-order valence-corrected chi connectivity index (χ2v) is 7.07. The summed E-state index contributed by atoms with van der Waals surface area (Å²) in [5, 5.41) is 2.30. The minimum atomic E-state index is -3.15. The third-order valence-electron chi connectivity index (χ3n) is 1.67. The van der Waals surface area contributed by atoms with E-state index in [9.17, 15) is 18.0 Å². The van der Waals surface area contributed by atoms with Crippen LogP contribution < -0.4 is 5.32 Å². The lowest BCUT2D eigenvalue weighted by Gasteiger charge is -2.21. The number of ether oxygens (including phenoxy) is 1. The zero-order valence-corrected chi connectivity index (χ0v) is 11.3. The van der Waals surface area contributed by atoms with Crippen LogP contribution in [-0.4, -0.2) is 44.4 Å². The van der Waals surface area contributed by atoms with Gasteiger partial charge in [0.1, 0.15) is 21.7 Å². The number of aldehydes is 1. The number of carbonyl (C=O) groups excluding carboxylic acids is 2. The smallest absolute Gasteiger partial charge is 0.408 e. The fourth-order valence-electron chi connectivity index (χ4n) is 0.974. The highest BCUT2D eigenvalue weighted by Crippen LogP contribution is 2.07. The van der Waals surface area contributed by atoms with Crippen LogP contribution in [0.15, 0.2) is 0 Å². The second kappa shape index (κ2) is 6.00. The highest BCUT2D eigenvalue weighted by molar-refractivity contribution is 7.90. The van der Waals surface area contributed by atoms with E-state index in [4.69, 9.17) is 4.74 Å². The molecule has 0 aliphatic carbocycles. The first-order chi connectivity index (χ1) is 7.53. The Kier molecular flexibility index (Phi) is 5.60. The van der Waals surface area contributed by atoms with Crippen molar-refractivity contribution in [2.24, 2.45) is 0 Å². The van der Waals surface area contributed by atoms with Crippen molar-refractivity contribution in [3.05, 3.63) is 0 Å². The van der Waals surface area contributed by atoms with Gasteiger partial charge in [0.25, 0.3) is 0 Å². The number of alkyl carbamates (subject to hydrolysis) is 1. The Morgan fingerprint density at radius 3 is 2.29 bits per heavy atom. The molecular formula is C10H19NO5S. The van der Waals surface area contributed by atoms with E-state index < -0.39 is 27.6 Å². The molecule has 6 nitrogen and oxygen atoms in total. The van der Waals surface area contributed by atoms with E-state index in [-0.39, 0.29) is 12.2 Å². The number of sulfone groups is 1. The van der Waals surface area contributed by atoms with Gasteiger partial charge < -0.3 is 14.8 Å². The summed E-state index contributed by atoms with van der Waals surface area (Å²) in [4.78, 5) is 22.0.